The molecule has 2 aliphatic rings. The molecule has 7 heteroatoms. The van der Waals surface area contributed by atoms with E-state index in [0.29, 0.717) is 5.69 Å². The molecule has 15 heavy (non-hydrogen) atoms. The molecule has 0 radical (unpaired) electrons. The van der Waals surface area contributed by atoms with Gasteiger partial charge >= 0.3 is 5.66 Å². The maximum atomic E-state index is 11.0. The van der Waals surface area contributed by atoms with Gasteiger partial charge in [-0.15, -0.1) is 5.11 Å². The van der Waals surface area contributed by atoms with Gasteiger partial charge in [0.1, 0.15) is 17.9 Å². The Labute approximate surface area is 83.6 Å². The predicted octanol–water partition coefficient (Wildman–Crippen LogP) is 1.22. The van der Waals surface area contributed by atoms with Gasteiger partial charge in [0, 0.05) is 11.6 Å². The van der Waals surface area contributed by atoms with Gasteiger partial charge in [0.25, 0.3) is 0 Å². The summed E-state index contributed by atoms with van der Waals surface area (Å²) in [6, 6.07) is 0. The maximum Gasteiger partial charge on any atom is 0.358 e. The number of aromatic nitrogens is 1. The third kappa shape index (κ3) is 0.867. The molecule has 1 aromatic rings. The van der Waals surface area contributed by atoms with Crippen LogP contribution in [0.5, 0.6) is 0 Å². The molecule has 0 saturated carbocycles. The molecule has 2 atom stereocenters. The van der Waals surface area contributed by atoms with Crippen molar-refractivity contribution in [1.29, 1.82) is 0 Å². The standard InChI is InChI=1S/C8H6N4O3/c13-12(14)8-2-1-5-4-15-10-7(5)6(8)3-9-11-8/h1-2,4,6H,3H2. The summed E-state index contributed by atoms with van der Waals surface area (Å²) in [5.41, 5.74) is -0.131. The van der Waals surface area contributed by atoms with Crippen LogP contribution < -0.4 is 0 Å². The zero-order chi connectivity index (χ0) is 10.5. The molecule has 0 bridgehead atoms. The normalized spacial score (nSPS) is 31.3. The van der Waals surface area contributed by atoms with E-state index in [9.17, 15) is 10.1 Å². The Morgan fingerprint density at radius 1 is 1.67 bits per heavy atom. The molecular formula is C8H6N4O3. The van der Waals surface area contributed by atoms with Crippen molar-refractivity contribution >= 4 is 6.08 Å². The third-order valence-corrected chi connectivity index (χ3v) is 2.77. The predicted molar refractivity (Wildman–Crippen MR) is 47.7 cm³/mol. The molecule has 1 aromatic heterocycles. The minimum Gasteiger partial charge on any atom is -0.364 e. The lowest BCUT2D eigenvalue weighted by Gasteiger charge is -2.21. The number of rotatable bonds is 1. The first-order valence-corrected chi connectivity index (χ1v) is 4.41. The van der Waals surface area contributed by atoms with Crippen LogP contribution in [0.1, 0.15) is 17.2 Å². The fourth-order valence-corrected chi connectivity index (χ4v) is 1.96. The topological polar surface area (TPSA) is 93.9 Å². The van der Waals surface area contributed by atoms with Crippen molar-refractivity contribution < 1.29 is 9.45 Å². The number of nitro groups is 1. The molecule has 7 nitrogen and oxygen atoms in total. The van der Waals surface area contributed by atoms with Crippen molar-refractivity contribution in [2.75, 3.05) is 6.54 Å². The first-order valence-electron chi connectivity index (χ1n) is 4.41. The molecule has 0 amide bonds. The van der Waals surface area contributed by atoms with Gasteiger partial charge in [-0.3, -0.25) is 10.1 Å². The second kappa shape index (κ2) is 2.50. The molecule has 0 spiro atoms. The highest BCUT2D eigenvalue weighted by Gasteiger charge is 2.56. The molecule has 2 heterocycles. The zero-order valence-corrected chi connectivity index (χ0v) is 7.53. The lowest BCUT2D eigenvalue weighted by Crippen LogP contribution is -2.40. The SMILES string of the molecule is O=[N+]([O-])C12C=Cc3conc3C1CN=N2. The van der Waals surface area contributed by atoms with E-state index in [1.807, 2.05) is 0 Å². The summed E-state index contributed by atoms with van der Waals surface area (Å²) >= 11 is 0. The Morgan fingerprint density at radius 3 is 3.33 bits per heavy atom. The van der Waals surface area contributed by atoms with Gasteiger partial charge in [0.2, 0.25) is 0 Å². The van der Waals surface area contributed by atoms with Crippen molar-refractivity contribution in [2.24, 2.45) is 10.2 Å². The van der Waals surface area contributed by atoms with E-state index in [0.717, 1.165) is 5.56 Å². The van der Waals surface area contributed by atoms with Crippen molar-refractivity contribution in [2.45, 2.75) is 11.6 Å². The lowest BCUT2D eigenvalue weighted by atomic mass is 9.85. The molecule has 0 saturated heterocycles. The summed E-state index contributed by atoms with van der Waals surface area (Å²) in [4.78, 5) is 10.6. The quantitative estimate of drug-likeness (QED) is 0.510. The van der Waals surface area contributed by atoms with Crippen LogP contribution in [0.4, 0.5) is 0 Å². The van der Waals surface area contributed by atoms with Crippen LogP contribution in [0.3, 0.4) is 0 Å². The highest BCUT2D eigenvalue weighted by molar-refractivity contribution is 5.57. The molecule has 0 aromatic carbocycles. The van der Waals surface area contributed by atoms with Crippen LogP contribution in [-0.2, 0) is 0 Å². The lowest BCUT2D eigenvalue weighted by molar-refractivity contribution is -0.556. The fraction of sp³-hybridized carbons (Fsp3) is 0.375. The summed E-state index contributed by atoms with van der Waals surface area (Å²) < 4.78 is 4.79. The van der Waals surface area contributed by atoms with Crippen LogP contribution in [0.15, 0.2) is 27.1 Å². The van der Waals surface area contributed by atoms with E-state index >= 15 is 0 Å². The van der Waals surface area contributed by atoms with Gasteiger partial charge in [0.15, 0.2) is 0 Å². The summed E-state index contributed by atoms with van der Waals surface area (Å²) in [6.45, 7) is 0.283. The zero-order valence-electron chi connectivity index (χ0n) is 7.53. The van der Waals surface area contributed by atoms with E-state index in [-0.39, 0.29) is 6.54 Å². The Hall–Kier alpha value is -2.05. The molecule has 0 N–H and O–H groups in total. The van der Waals surface area contributed by atoms with E-state index in [2.05, 4.69) is 15.4 Å². The average molecular weight is 206 g/mol. The summed E-state index contributed by atoms with van der Waals surface area (Å²) in [6.07, 6.45) is 4.52. The number of hydrogen-bond acceptors (Lipinski definition) is 6. The monoisotopic (exact) mass is 206 g/mol. The maximum absolute atomic E-state index is 11.0. The van der Waals surface area contributed by atoms with Crippen molar-refractivity contribution in [3.63, 3.8) is 0 Å². The van der Waals surface area contributed by atoms with Crippen LogP contribution in [-0.4, -0.2) is 22.3 Å². The van der Waals surface area contributed by atoms with Crippen LogP contribution in [0.25, 0.3) is 6.08 Å². The minimum absolute atomic E-state index is 0.283. The van der Waals surface area contributed by atoms with Gasteiger partial charge in [-0.25, -0.2) is 0 Å². The Kier molecular flexibility index (Phi) is 1.38. The second-order valence-electron chi connectivity index (χ2n) is 3.51. The van der Waals surface area contributed by atoms with Crippen molar-refractivity contribution in [1.82, 2.24) is 5.16 Å². The van der Waals surface area contributed by atoms with Gasteiger partial charge < -0.3 is 4.52 Å². The summed E-state index contributed by atoms with van der Waals surface area (Å²) in [7, 11) is 0. The Balaban J connectivity index is 2.19. The molecule has 76 valence electrons. The highest BCUT2D eigenvalue weighted by Crippen LogP contribution is 2.43. The fourth-order valence-electron chi connectivity index (χ4n) is 1.96. The smallest absolute Gasteiger partial charge is 0.358 e. The van der Waals surface area contributed by atoms with E-state index in [1.165, 1.54) is 12.3 Å². The van der Waals surface area contributed by atoms with E-state index in [1.54, 1.807) is 6.08 Å². The van der Waals surface area contributed by atoms with Gasteiger partial charge in [-0.1, -0.05) is 5.16 Å². The van der Waals surface area contributed by atoms with Crippen molar-refractivity contribution in [3.8, 4) is 0 Å². The number of fused-ring (bicyclic) bond motifs is 3. The second-order valence-corrected chi connectivity index (χ2v) is 3.51. The number of nitrogens with zero attached hydrogens (tertiary/aromatic N) is 4. The molecule has 1 aliphatic carbocycles. The molecule has 2 unspecified atom stereocenters. The first kappa shape index (κ1) is 8.27. The molecular weight excluding hydrogens is 200 g/mol. The average Bonchev–Trinajstić information content (AvgIpc) is 2.83. The third-order valence-electron chi connectivity index (χ3n) is 2.77. The van der Waals surface area contributed by atoms with Crippen LogP contribution in [0.2, 0.25) is 0 Å². The molecule has 1 aliphatic heterocycles. The highest BCUT2D eigenvalue weighted by atomic mass is 16.6. The van der Waals surface area contributed by atoms with E-state index in [4.69, 9.17) is 4.52 Å². The minimum atomic E-state index is -1.47. The Bertz CT molecular complexity index is 492. The van der Waals surface area contributed by atoms with Gasteiger partial charge in [0.05, 0.1) is 11.5 Å². The largest absolute Gasteiger partial charge is 0.364 e. The molecule has 3 rings (SSSR count). The van der Waals surface area contributed by atoms with Crippen LogP contribution in [0, 0.1) is 10.1 Å². The number of hydrogen-bond donors (Lipinski definition) is 0. The first-order chi connectivity index (χ1) is 7.24. The van der Waals surface area contributed by atoms with Crippen molar-refractivity contribution in [3.05, 3.63) is 33.7 Å². The van der Waals surface area contributed by atoms with Crippen LogP contribution >= 0.6 is 0 Å². The summed E-state index contributed by atoms with van der Waals surface area (Å²) in [5, 5.41) is 22.3. The number of azo groups is 1. The van der Waals surface area contributed by atoms with Gasteiger partial charge in [-0.2, -0.15) is 5.11 Å². The Morgan fingerprint density at radius 2 is 2.53 bits per heavy atom. The van der Waals surface area contributed by atoms with Gasteiger partial charge in [-0.05, 0) is 6.08 Å². The van der Waals surface area contributed by atoms with E-state index < -0.39 is 16.5 Å². The summed E-state index contributed by atoms with van der Waals surface area (Å²) in [5.74, 6) is -0.439. The molecule has 0 fully saturated rings.